The lowest BCUT2D eigenvalue weighted by atomic mass is 10.1. The molecule has 0 spiro atoms. The molecule has 2 rings (SSSR count). The molecular formula is C16H25NOS. The Morgan fingerprint density at radius 1 is 1.37 bits per heavy atom. The number of rotatable bonds is 8. The van der Waals surface area contributed by atoms with Crippen molar-refractivity contribution in [3.8, 4) is 5.75 Å². The van der Waals surface area contributed by atoms with E-state index >= 15 is 0 Å². The molecular weight excluding hydrogens is 254 g/mol. The molecule has 106 valence electrons. The monoisotopic (exact) mass is 279 g/mol. The minimum Gasteiger partial charge on any atom is -0.490 e. The Morgan fingerprint density at radius 3 is 2.79 bits per heavy atom. The van der Waals surface area contributed by atoms with Crippen LogP contribution in [0, 0.1) is 0 Å². The normalized spacial score (nSPS) is 16.6. The fourth-order valence-electron chi connectivity index (χ4n) is 1.99. The van der Waals surface area contributed by atoms with Crippen LogP contribution in [0.15, 0.2) is 24.3 Å². The van der Waals surface area contributed by atoms with Gasteiger partial charge >= 0.3 is 0 Å². The zero-order valence-corrected chi connectivity index (χ0v) is 13.0. The van der Waals surface area contributed by atoms with E-state index in [0.717, 1.165) is 18.0 Å². The minimum absolute atomic E-state index is 0.417. The first kappa shape index (κ1) is 14.7. The summed E-state index contributed by atoms with van der Waals surface area (Å²) in [5.41, 5.74) is 1.34. The van der Waals surface area contributed by atoms with E-state index in [9.17, 15) is 0 Å². The van der Waals surface area contributed by atoms with Gasteiger partial charge in [0.1, 0.15) is 5.75 Å². The van der Waals surface area contributed by atoms with Gasteiger partial charge in [0.25, 0.3) is 0 Å². The lowest BCUT2D eigenvalue weighted by Crippen LogP contribution is -2.23. The highest BCUT2D eigenvalue weighted by Crippen LogP contribution is 2.29. The van der Waals surface area contributed by atoms with Crippen LogP contribution in [0.3, 0.4) is 0 Å². The molecule has 1 aromatic carbocycles. The van der Waals surface area contributed by atoms with E-state index in [1.807, 2.05) is 11.8 Å². The SMILES string of the molecule is CCNC(CSC(C)C)c1cccc(OC2CC2)c1. The van der Waals surface area contributed by atoms with Gasteiger partial charge in [0.2, 0.25) is 0 Å². The van der Waals surface area contributed by atoms with Gasteiger partial charge in [-0.05, 0) is 42.3 Å². The van der Waals surface area contributed by atoms with Crippen LogP contribution in [0.5, 0.6) is 5.75 Å². The smallest absolute Gasteiger partial charge is 0.120 e. The van der Waals surface area contributed by atoms with Gasteiger partial charge in [0, 0.05) is 11.8 Å². The van der Waals surface area contributed by atoms with E-state index in [0.29, 0.717) is 17.4 Å². The predicted molar refractivity (Wildman–Crippen MR) is 84.1 cm³/mol. The third-order valence-electron chi connectivity index (χ3n) is 3.13. The Bertz CT molecular complexity index is 390. The Morgan fingerprint density at radius 2 is 2.16 bits per heavy atom. The van der Waals surface area contributed by atoms with E-state index < -0.39 is 0 Å². The number of thioether (sulfide) groups is 1. The molecule has 2 nitrogen and oxygen atoms in total. The summed E-state index contributed by atoms with van der Waals surface area (Å²) in [6.45, 7) is 7.66. The van der Waals surface area contributed by atoms with Crippen LogP contribution < -0.4 is 10.1 Å². The van der Waals surface area contributed by atoms with E-state index in [-0.39, 0.29) is 0 Å². The highest BCUT2D eigenvalue weighted by molar-refractivity contribution is 7.99. The summed E-state index contributed by atoms with van der Waals surface area (Å²) in [6.07, 6.45) is 2.89. The highest BCUT2D eigenvalue weighted by atomic mass is 32.2. The van der Waals surface area contributed by atoms with Gasteiger partial charge < -0.3 is 10.1 Å². The van der Waals surface area contributed by atoms with Crippen LogP contribution in [-0.2, 0) is 0 Å². The molecule has 1 aliphatic rings. The quantitative estimate of drug-likeness (QED) is 0.776. The van der Waals surface area contributed by atoms with Crippen molar-refractivity contribution in [2.75, 3.05) is 12.3 Å². The van der Waals surface area contributed by atoms with Gasteiger partial charge in [0.15, 0.2) is 0 Å². The van der Waals surface area contributed by atoms with Crippen LogP contribution >= 0.6 is 11.8 Å². The Kier molecular flexibility index (Phi) is 5.59. The molecule has 0 bridgehead atoms. The second kappa shape index (κ2) is 7.20. The maximum atomic E-state index is 5.89. The molecule has 0 aromatic heterocycles. The molecule has 0 aliphatic heterocycles. The first-order chi connectivity index (χ1) is 9.19. The minimum atomic E-state index is 0.417. The molecule has 1 N–H and O–H groups in total. The second-order valence-corrected chi connectivity index (χ2v) is 6.99. The average molecular weight is 279 g/mol. The number of hydrogen-bond donors (Lipinski definition) is 1. The molecule has 0 saturated heterocycles. The first-order valence-corrected chi connectivity index (χ1v) is 8.35. The molecule has 1 unspecified atom stereocenters. The lowest BCUT2D eigenvalue weighted by molar-refractivity contribution is 0.302. The summed E-state index contributed by atoms with van der Waals surface area (Å²) in [4.78, 5) is 0. The van der Waals surface area contributed by atoms with Gasteiger partial charge in [-0.15, -0.1) is 0 Å². The number of benzene rings is 1. The third kappa shape index (κ3) is 5.07. The highest BCUT2D eigenvalue weighted by Gasteiger charge is 2.23. The van der Waals surface area contributed by atoms with E-state index in [1.165, 1.54) is 18.4 Å². The van der Waals surface area contributed by atoms with Gasteiger partial charge in [0.05, 0.1) is 6.10 Å². The maximum Gasteiger partial charge on any atom is 0.120 e. The van der Waals surface area contributed by atoms with Gasteiger partial charge in [-0.3, -0.25) is 0 Å². The predicted octanol–water partition coefficient (Wildman–Crippen LogP) is 4.02. The number of hydrogen-bond acceptors (Lipinski definition) is 3. The van der Waals surface area contributed by atoms with E-state index in [4.69, 9.17) is 4.74 Å². The Balaban J connectivity index is 2.01. The molecule has 0 radical (unpaired) electrons. The van der Waals surface area contributed by atoms with Gasteiger partial charge in [-0.2, -0.15) is 11.8 Å². The molecule has 1 fully saturated rings. The van der Waals surface area contributed by atoms with Crippen molar-refractivity contribution in [3.05, 3.63) is 29.8 Å². The molecule has 0 amide bonds. The summed E-state index contributed by atoms with van der Waals surface area (Å²) < 4.78 is 5.89. The summed E-state index contributed by atoms with van der Waals surface area (Å²) in [7, 11) is 0. The summed E-state index contributed by atoms with van der Waals surface area (Å²) in [5.74, 6) is 2.13. The molecule has 3 heteroatoms. The zero-order chi connectivity index (χ0) is 13.7. The third-order valence-corrected chi connectivity index (χ3v) is 4.33. The Hall–Kier alpha value is -0.670. The Labute approximate surface area is 121 Å². The summed E-state index contributed by atoms with van der Waals surface area (Å²) in [5, 5.41) is 4.25. The standard InChI is InChI=1S/C16H25NOS/c1-4-17-16(11-19-12(2)3)13-6-5-7-15(10-13)18-14-8-9-14/h5-7,10,12,14,16-17H,4,8-9,11H2,1-3H3. The van der Waals surface area contributed by atoms with Crippen LogP contribution in [0.2, 0.25) is 0 Å². The van der Waals surface area contributed by atoms with Crippen LogP contribution in [0.4, 0.5) is 0 Å². The molecule has 1 aromatic rings. The van der Waals surface area contributed by atoms with Crippen molar-refractivity contribution in [1.82, 2.24) is 5.32 Å². The van der Waals surface area contributed by atoms with Gasteiger partial charge in [-0.25, -0.2) is 0 Å². The first-order valence-electron chi connectivity index (χ1n) is 7.30. The summed E-state index contributed by atoms with van der Waals surface area (Å²) >= 11 is 2.00. The van der Waals surface area contributed by atoms with Crippen molar-refractivity contribution >= 4 is 11.8 Å². The maximum absolute atomic E-state index is 5.89. The van der Waals surface area contributed by atoms with Crippen molar-refractivity contribution in [2.24, 2.45) is 0 Å². The fraction of sp³-hybridized carbons (Fsp3) is 0.625. The van der Waals surface area contributed by atoms with E-state index in [1.54, 1.807) is 0 Å². The number of nitrogens with one attached hydrogen (secondary N) is 1. The lowest BCUT2D eigenvalue weighted by Gasteiger charge is -2.20. The van der Waals surface area contributed by atoms with Crippen molar-refractivity contribution in [2.45, 2.75) is 51.0 Å². The summed E-state index contributed by atoms with van der Waals surface area (Å²) in [6, 6.07) is 9.00. The molecule has 1 aliphatic carbocycles. The fourth-order valence-corrected chi connectivity index (χ4v) is 2.88. The topological polar surface area (TPSA) is 21.3 Å². The molecule has 19 heavy (non-hydrogen) atoms. The molecule has 1 saturated carbocycles. The van der Waals surface area contributed by atoms with Crippen LogP contribution in [-0.4, -0.2) is 23.7 Å². The van der Waals surface area contributed by atoms with Crippen LogP contribution in [0.1, 0.15) is 45.2 Å². The second-order valence-electron chi connectivity index (χ2n) is 5.38. The van der Waals surface area contributed by atoms with Crippen molar-refractivity contribution in [3.63, 3.8) is 0 Å². The number of ether oxygens (including phenoxy) is 1. The van der Waals surface area contributed by atoms with Crippen LogP contribution in [0.25, 0.3) is 0 Å². The van der Waals surface area contributed by atoms with Crippen molar-refractivity contribution < 1.29 is 4.74 Å². The largest absolute Gasteiger partial charge is 0.490 e. The average Bonchev–Trinajstić information content (AvgIpc) is 3.18. The zero-order valence-electron chi connectivity index (χ0n) is 12.2. The van der Waals surface area contributed by atoms with Gasteiger partial charge in [-0.1, -0.05) is 32.9 Å². The molecule has 1 atom stereocenters. The van der Waals surface area contributed by atoms with E-state index in [2.05, 4.69) is 50.4 Å². The molecule has 0 heterocycles. The van der Waals surface area contributed by atoms with Crippen molar-refractivity contribution in [1.29, 1.82) is 0 Å².